The van der Waals surface area contributed by atoms with Crippen molar-refractivity contribution in [2.75, 3.05) is 6.61 Å². The van der Waals surface area contributed by atoms with Gasteiger partial charge in [-0.25, -0.2) is 4.39 Å². The van der Waals surface area contributed by atoms with E-state index in [1.54, 1.807) is 13.0 Å². The zero-order valence-electron chi connectivity index (χ0n) is 12.0. The molecular weight excluding hydrogens is 295 g/mol. The van der Waals surface area contributed by atoms with E-state index < -0.39 is 17.2 Å². The number of benzene rings is 1. The second-order valence-corrected chi connectivity index (χ2v) is 5.77. The Morgan fingerprint density at radius 2 is 2.19 bits per heavy atom. The van der Waals surface area contributed by atoms with Crippen LogP contribution in [0.3, 0.4) is 0 Å². The molecule has 1 aromatic carbocycles. The standard InChI is InChI=1S/C16H18ClFO3/c1-2-21-15(20)16(8-4-3-5-14(16)19)10-11-6-7-13(18)12(17)9-11/h6-7,9H,2-5,8,10H2,1H3. The Hall–Kier alpha value is -1.42. The minimum atomic E-state index is -1.14. The summed E-state index contributed by atoms with van der Waals surface area (Å²) in [6.07, 6.45) is 2.67. The Balaban J connectivity index is 2.33. The molecular formula is C16H18ClFO3. The number of hydrogen-bond donors (Lipinski definition) is 0. The van der Waals surface area contributed by atoms with E-state index in [0.717, 1.165) is 12.8 Å². The van der Waals surface area contributed by atoms with Crippen molar-refractivity contribution >= 4 is 23.4 Å². The van der Waals surface area contributed by atoms with Crippen LogP contribution in [0.15, 0.2) is 18.2 Å². The summed E-state index contributed by atoms with van der Waals surface area (Å²) in [5.74, 6) is -1.08. The molecule has 1 aliphatic rings. The van der Waals surface area contributed by atoms with Gasteiger partial charge in [-0.3, -0.25) is 9.59 Å². The van der Waals surface area contributed by atoms with Gasteiger partial charge in [-0.15, -0.1) is 0 Å². The molecule has 0 amide bonds. The highest BCUT2D eigenvalue weighted by molar-refractivity contribution is 6.30. The molecule has 1 fully saturated rings. The molecule has 0 N–H and O–H groups in total. The minimum absolute atomic E-state index is 0.00485. The Labute approximate surface area is 128 Å². The number of esters is 1. The summed E-state index contributed by atoms with van der Waals surface area (Å²) >= 11 is 5.78. The van der Waals surface area contributed by atoms with Crippen molar-refractivity contribution in [2.45, 2.75) is 39.0 Å². The fourth-order valence-electron chi connectivity index (χ4n) is 2.83. The number of carbonyl (C=O) groups excluding carboxylic acids is 2. The molecule has 0 saturated heterocycles. The Morgan fingerprint density at radius 1 is 1.43 bits per heavy atom. The molecule has 1 saturated carbocycles. The maximum atomic E-state index is 13.2. The number of Topliss-reactive ketones (excluding diaryl/α,β-unsaturated/α-hetero) is 1. The number of carbonyl (C=O) groups is 2. The molecule has 1 aliphatic carbocycles. The number of rotatable bonds is 4. The molecule has 2 rings (SSSR count). The van der Waals surface area contributed by atoms with Crippen molar-refractivity contribution in [3.05, 3.63) is 34.6 Å². The van der Waals surface area contributed by atoms with Crippen molar-refractivity contribution in [1.29, 1.82) is 0 Å². The zero-order chi connectivity index (χ0) is 15.5. The third-order valence-corrected chi connectivity index (χ3v) is 4.24. The van der Waals surface area contributed by atoms with Gasteiger partial charge in [0.1, 0.15) is 11.2 Å². The summed E-state index contributed by atoms with van der Waals surface area (Å²) in [6.45, 7) is 1.95. The summed E-state index contributed by atoms with van der Waals surface area (Å²) < 4.78 is 18.4. The van der Waals surface area contributed by atoms with Gasteiger partial charge in [0.15, 0.2) is 5.78 Å². The van der Waals surface area contributed by atoms with Crippen LogP contribution in [0.4, 0.5) is 4.39 Å². The summed E-state index contributed by atoms with van der Waals surface area (Å²) in [7, 11) is 0. The summed E-state index contributed by atoms with van der Waals surface area (Å²) in [5, 5.41) is -0.00485. The van der Waals surface area contributed by atoms with Gasteiger partial charge in [-0.1, -0.05) is 24.1 Å². The van der Waals surface area contributed by atoms with Crippen molar-refractivity contribution < 1.29 is 18.7 Å². The molecule has 0 radical (unpaired) electrons. The zero-order valence-corrected chi connectivity index (χ0v) is 12.7. The van der Waals surface area contributed by atoms with E-state index in [9.17, 15) is 14.0 Å². The highest BCUT2D eigenvalue weighted by Crippen LogP contribution is 2.38. The minimum Gasteiger partial charge on any atom is -0.465 e. The molecule has 3 nitrogen and oxygen atoms in total. The molecule has 1 atom stereocenters. The Kier molecular flexibility index (Phi) is 4.99. The van der Waals surface area contributed by atoms with Gasteiger partial charge < -0.3 is 4.74 Å². The van der Waals surface area contributed by atoms with Crippen LogP contribution in [-0.2, 0) is 20.7 Å². The highest BCUT2D eigenvalue weighted by atomic mass is 35.5. The topological polar surface area (TPSA) is 43.4 Å². The van der Waals surface area contributed by atoms with E-state index >= 15 is 0 Å². The molecule has 0 spiro atoms. The molecule has 114 valence electrons. The summed E-state index contributed by atoms with van der Waals surface area (Å²) in [6, 6.07) is 4.29. The summed E-state index contributed by atoms with van der Waals surface area (Å²) in [5.41, 5.74) is -0.472. The van der Waals surface area contributed by atoms with E-state index in [4.69, 9.17) is 16.3 Å². The Morgan fingerprint density at radius 3 is 2.81 bits per heavy atom. The Bertz CT molecular complexity index is 558. The molecule has 0 heterocycles. The second kappa shape index (κ2) is 6.56. The smallest absolute Gasteiger partial charge is 0.319 e. The van der Waals surface area contributed by atoms with E-state index in [1.807, 2.05) is 0 Å². The molecule has 1 aromatic rings. The van der Waals surface area contributed by atoms with Crippen molar-refractivity contribution in [1.82, 2.24) is 0 Å². The normalized spacial score (nSPS) is 22.1. The number of hydrogen-bond acceptors (Lipinski definition) is 3. The fraction of sp³-hybridized carbons (Fsp3) is 0.500. The highest BCUT2D eigenvalue weighted by Gasteiger charge is 2.47. The lowest BCUT2D eigenvalue weighted by Crippen LogP contribution is -2.44. The van der Waals surface area contributed by atoms with Crippen LogP contribution in [0.5, 0.6) is 0 Å². The first-order valence-corrected chi connectivity index (χ1v) is 7.52. The summed E-state index contributed by atoms with van der Waals surface area (Å²) in [4.78, 5) is 24.7. The second-order valence-electron chi connectivity index (χ2n) is 5.36. The average Bonchev–Trinajstić information content (AvgIpc) is 2.45. The van der Waals surface area contributed by atoms with Gasteiger partial charge in [0, 0.05) is 6.42 Å². The number of ketones is 1. The molecule has 5 heteroatoms. The lowest BCUT2D eigenvalue weighted by Gasteiger charge is -2.33. The van der Waals surface area contributed by atoms with E-state index in [-0.39, 0.29) is 23.8 Å². The maximum Gasteiger partial charge on any atom is 0.319 e. The van der Waals surface area contributed by atoms with Crippen molar-refractivity contribution in [3.8, 4) is 0 Å². The molecule has 21 heavy (non-hydrogen) atoms. The van der Waals surface area contributed by atoms with Crippen LogP contribution >= 0.6 is 11.6 Å². The van der Waals surface area contributed by atoms with Crippen LogP contribution in [0.25, 0.3) is 0 Å². The SMILES string of the molecule is CCOC(=O)C1(Cc2ccc(F)c(Cl)c2)CCCCC1=O. The largest absolute Gasteiger partial charge is 0.465 e. The number of ether oxygens (including phenoxy) is 1. The third-order valence-electron chi connectivity index (χ3n) is 3.95. The van der Waals surface area contributed by atoms with Gasteiger partial charge >= 0.3 is 5.97 Å². The van der Waals surface area contributed by atoms with Crippen LogP contribution in [0.2, 0.25) is 5.02 Å². The predicted octanol–water partition coefficient (Wildman–Crippen LogP) is 3.71. The van der Waals surface area contributed by atoms with Gasteiger partial charge in [0.25, 0.3) is 0 Å². The van der Waals surface area contributed by atoms with E-state index in [2.05, 4.69) is 0 Å². The molecule has 1 unspecified atom stereocenters. The quantitative estimate of drug-likeness (QED) is 0.628. The fourth-order valence-corrected chi connectivity index (χ4v) is 3.04. The van der Waals surface area contributed by atoms with Crippen LogP contribution in [0, 0.1) is 11.2 Å². The average molecular weight is 313 g/mol. The predicted molar refractivity (Wildman–Crippen MR) is 77.7 cm³/mol. The van der Waals surface area contributed by atoms with Crippen molar-refractivity contribution in [3.63, 3.8) is 0 Å². The van der Waals surface area contributed by atoms with Crippen LogP contribution in [-0.4, -0.2) is 18.4 Å². The molecule has 0 aromatic heterocycles. The third kappa shape index (κ3) is 3.26. The van der Waals surface area contributed by atoms with Gasteiger partial charge in [-0.05, 0) is 43.9 Å². The van der Waals surface area contributed by atoms with E-state index in [0.29, 0.717) is 18.4 Å². The van der Waals surface area contributed by atoms with Crippen LogP contribution in [0.1, 0.15) is 38.2 Å². The molecule has 0 aliphatic heterocycles. The van der Waals surface area contributed by atoms with Gasteiger partial charge in [0.05, 0.1) is 11.6 Å². The first kappa shape index (κ1) is 16.0. The van der Waals surface area contributed by atoms with Crippen LogP contribution < -0.4 is 0 Å². The lowest BCUT2D eigenvalue weighted by molar-refractivity contribution is -0.162. The maximum absolute atomic E-state index is 13.2. The lowest BCUT2D eigenvalue weighted by atomic mass is 9.69. The van der Waals surface area contributed by atoms with E-state index in [1.165, 1.54) is 12.1 Å². The van der Waals surface area contributed by atoms with Gasteiger partial charge in [0.2, 0.25) is 0 Å². The monoisotopic (exact) mass is 312 g/mol. The molecule has 0 bridgehead atoms. The van der Waals surface area contributed by atoms with Gasteiger partial charge in [-0.2, -0.15) is 0 Å². The van der Waals surface area contributed by atoms with Crippen molar-refractivity contribution in [2.24, 2.45) is 5.41 Å². The number of halogens is 2. The first-order chi connectivity index (χ1) is 9.99. The first-order valence-electron chi connectivity index (χ1n) is 7.14.